The molecule has 1 aliphatic carbocycles. The second-order valence-corrected chi connectivity index (χ2v) is 7.67. The van der Waals surface area contributed by atoms with Gasteiger partial charge < -0.3 is 15.2 Å². The van der Waals surface area contributed by atoms with Gasteiger partial charge in [0.25, 0.3) is 0 Å². The Morgan fingerprint density at radius 3 is 2.82 bits per heavy atom. The first kappa shape index (κ1) is 20.4. The van der Waals surface area contributed by atoms with Crippen molar-refractivity contribution in [3.05, 3.63) is 53.6 Å². The van der Waals surface area contributed by atoms with Gasteiger partial charge in [-0.15, -0.1) is 0 Å². The first-order chi connectivity index (χ1) is 13.5. The van der Waals surface area contributed by atoms with Gasteiger partial charge in [-0.2, -0.15) is 0 Å². The molecule has 1 aliphatic rings. The third kappa shape index (κ3) is 5.59. The molecule has 2 aromatic rings. The second kappa shape index (κ2) is 9.74. The zero-order valence-corrected chi connectivity index (χ0v) is 16.9. The number of nitrogens with one attached hydrogen (secondary N) is 1. The lowest BCUT2D eigenvalue weighted by Gasteiger charge is -2.27. The zero-order valence-electron chi connectivity index (χ0n) is 16.9. The maximum Gasteiger partial charge on any atom is 0.216 e. The van der Waals surface area contributed by atoms with E-state index in [0.29, 0.717) is 13.0 Å². The van der Waals surface area contributed by atoms with E-state index in [-0.39, 0.29) is 18.1 Å². The first-order valence-corrected chi connectivity index (χ1v) is 10.4. The molecular formula is C24H31NO3. The minimum Gasteiger partial charge on any atom is -0.490 e. The summed E-state index contributed by atoms with van der Waals surface area (Å²) in [4.78, 5) is 11.2. The van der Waals surface area contributed by atoms with Crippen LogP contribution in [0.4, 0.5) is 0 Å². The molecule has 0 radical (unpaired) electrons. The van der Waals surface area contributed by atoms with Crippen LogP contribution in [0.5, 0.6) is 5.75 Å². The van der Waals surface area contributed by atoms with Gasteiger partial charge in [0.05, 0.1) is 6.10 Å². The van der Waals surface area contributed by atoms with Gasteiger partial charge in [0, 0.05) is 19.9 Å². The highest BCUT2D eigenvalue weighted by molar-refractivity contribution is 5.73. The van der Waals surface area contributed by atoms with Crippen LogP contribution in [0.2, 0.25) is 0 Å². The summed E-state index contributed by atoms with van der Waals surface area (Å²) in [5.41, 5.74) is 4.81. The number of hydrogen-bond acceptors (Lipinski definition) is 3. The molecule has 2 unspecified atom stereocenters. The third-order valence-electron chi connectivity index (χ3n) is 5.40. The molecular weight excluding hydrogens is 350 g/mol. The molecule has 0 bridgehead atoms. The normalized spacial score (nSPS) is 19.2. The summed E-state index contributed by atoms with van der Waals surface area (Å²) in [7, 11) is 0. The zero-order chi connectivity index (χ0) is 19.9. The van der Waals surface area contributed by atoms with Crippen molar-refractivity contribution >= 4 is 5.91 Å². The second-order valence-electron chi connectivity index (χ2n) is 7.67. The van der Waals surface area contributed by atoms with Crippen LogP contribution in [-0.2, 0) is 17.6 Å². The van der Waals surface area contributed by atoms with Crippen LogP contribution in [0.25, 0.3) is 11.1 Å². The lowest BCUT2D eigenvalue weighted by Crippen LogP contribution is -2.28. The fourth-order valence-corrected chi connectivity index (χ4v) is 3.87. The number of benzene rings is 2. The summed E-state index contributed by atoms with van der Waals surface area (Å²) >= 11 is 0. The molecule has 0 aliphatic heterocycles. The van der Waals surface area contributed by atoms with Gasteiger partial charge in [0.1, 0.15) is 11.9 Å². The van der Waals surface area contributed by atoms with E-state index in [9.17, 15) is 9.90 Å². The Hall–Kier alpha value is -2.33. The van der Waals surface area contributed by atoms with Crippen LogP contribution in [0.3, 0.4) is 0 Å². The van der Waals surface area contributed by atoms with Crippen LogP contribution in [0, 0.1) is 0 Å². The van der Waals surface area contributed by atoms with E-state index in [2.05, 4.69) is 48.6 Å². The lowest BCUT2D eigenvalue weighted by molar-refractivity contribution is -0.118. The monoisotopic (exact) mass is 381 g/mol. The van der Waals surface area contributed by atoms with E-state index < -0.39 is 0 Å². The molecule has 4 nitrogen and oxygen atoms in total. The Labute approximate surface area is 167 Å². The first-order valence-electron chi connectivity index (χ1n) is 10.4. The number of carbonyl (C=O) groups excluding carboxylic acids is 1. The molecule has 2 aromatic carbocycles. The van der Waals surface area contributed by atoms with E-state index in [1.807, 2.05) is 6.07 Å². The van der Waals surface area contributed by atoms with Crippen molar-refractivity contribution in [3.63, 3.8) is 0 Å². The molecule has 1 saturated carbocycles. The van der Waals surface area contributed by atoms with Crippen LogP contribution < -0.4 is 10.1 Å². The molecule has 150 valence electrons. The molecule has 28 heavy (non-hydrogen) atoms. The van der Waals surface area contributed by atoms with Crippen molar-refractivity contribution in [1.29, 1.82) is 0 Å². The maximum atomic E-state index is 11.2. The Morgan fingerprint density at radius 1 is 1.21 bits per heavy atom. The Morgan fingerprint density at radius 2 is 2.07 bits per heavy atom. The highest BCUT2D eigenvalue weighted by Gasteiger charge is 2.22. The predicted molar refractivity (Wildman–Crippen MR) is 113 cm³/mol. The number of aliphatic hydroxyl groups excluding tert-OH is 1. The number of amides is 1. The fraction of sp³-hybridized carbons (Fsp3) is 0.458. The summed E-state index contributed by atoms with van der Waals surface area (Å²) in [6.45, 7) is 4.32. The minimum atomic E-state index is -0.253. The van der Waals surface area contributed by atoms with Crippen LogP contribution >= 0.6 is 0 Å². The summed E-state index contributed by atoms with van der Waals surface area (Å²) < 4.78 is 6.21. The number of ether oxygens (including phenoxy) is 1. The largest absolute Gasteiger partial charge is 0.490 e. The summed E-state index contributed by atoms with van der Waals surface area (Å²) in [5, 5.41) is 12.8. The van der Waals surface area contributed by atoms with Crippen LogP contribution in [0.15, 0.2) is 42.5 Å². The average molecular weight is 382 g/mol. The van der Waals surface area contributed by atoms with E-state index in [4.69, 9.17) is 4.74 Å². The molecule has 0 spiro atoms. The molecule has 4 heteroatoms. The fourth-order valence-electron chi connectivity index (χ4n) is 3.87. The van der Waals surface area contributed by atoms with Crippen LogP contribution in [0.1, 0.15) is 50.7 Å². The van der Waals surface area contributed by atoms with Crippen LogP contribution in [-0.4, -0.2) is 29.8 Å². The number of hydrogen-bond donors (Lipinski definition) is 2. The Balaban J connectivity index is 1.86. The highest BCUT2D eigenvalue weighted by atomic mass is 16.5. The Kier molecular flexibility index (Phi) is 7.10. The van der Waals surface area contributed by atoms with Gasteiger partial charge in [-0.25, -0.2) is 0 Å². The average Bonchev–Trinajstić information content (AvgIpc) is 2.69. The van der Waals surface area contributed by atoms with E-state index in [0.717, 1.165) is 43.4 Å². The molecule has 0 saturated heterocycles. The van der Waals surface area contributed by atoms with Crippen molar-refractivity contribution in [3.8, 4) is 16.9 Å². The molecule has 0 heterocycles. The number of aryl methyl sites for hydroxylation is 1. The van der Waals surface area contributed by atoms with Crippen molar-refractivity contribution in [1.82, 2.24) is 5.32 Å². The molecule has 2 atom stereocenters. The molecule has 1 fully saturated rings. The number of aliphatic hydroxyl groups is 1. The van der Waals surface area contributed by atoms with E-state index >= 15 is 0 Å². The lowest BCUT2D eigenvalue weighted by atomic mass is 9.94. The van der Waals surface area contributed by atoms with E-state index in [1.54, 1.807) is 6.92 Å². The topological polar surface area (TPSA) is 58.6 Å². The van der Waals surface area contributed by atoms with Gasteiger partial charge >= 0.3 is 0 Å². The highest BCUT2D eigenvalue weighted by Crippen LogP contribution is 2.31. The summed E-state index contributed by atoms with van der Waals surface area (Å²) in [6, 6.07) is 14.8. The van der Waals surface area contributed by atoms with Crippen molar-refractivity contribution < 1.29 is 14.6 Å². The van der Waals surface area contributed by atoms with Gasteiger partial charge in [-0.05, 0) is 66.5 Å². The van der Waals surface area contributed by atoms with Gasteiger partial charge in [-0.3, -0.25) is 4.79 Å². The third-order valence-corrected chi connectivity index (χ3v) is 5.40. The van der Waals surface area contributed by atoms with Crippen molar-refractivity contribution in [2.75, 3.05) is 6.54 Å². The maximum absolute atomic E-state index is 11.2. The van der Waals surface area contributed by atoms with Gasteiger partial charge in [0.15, 0.2) is 0 Å². The smallest absolute Gasteiger partial charge is 0.216 e. The number of rotatable bonds is 7. The summed E-state index contributed by atoms with van der Waals surface area (Å²) in [6.07, 6.45) is 5.15. The van der Waals surface area contributed by atoms with Crippen molar-refractivity contribution in [2.24, 2.45) is 0 Å². The minimum absolute atomic E-state index is 0.00894. The van der Waals surface area contributed by atoms with Gasteiger partial charge in [-0.1, -0.05) is 37.3 Å². The predicted octanol–water partition coefficient (Wildman–Crippen LogP) is 4.28. The Bertz CT molecular complexity index is 802. The molecule has 1 amide bonds. The summed E-state index contributed by atoms with van der Waals surface area (Å²) in [5.74, 6) is 0.838. The molecule has 3 rings (SSSR count). The van der Waals surface area contributed by atoms with Crippen molar-refractivity contribution in [2.45, 2.75) is 64.6 Å². The van der Waals surface area contributed by atoms with Gasteiger partial charge in [0.2, 0.25) is 5.91 Å². The SMILES string of the molecule is CCc1cccc(-c2cc(OC3CCCC(O)C3)ccc2CCNC(C)=O)c1. The number of carbonyl (C=O) groups is 1. The standard InChI is InChI=1S/C24H31NO3/c1-3-18-6-4-7-20(14-18)24-16-23(28-22-9-5-8-21(27)15-22)11-10-19(24)12-13-25-17(2)26/h4,6-7,10-11,14,16,21-22,27H,3,5,8-9,12-13,15H2,1-2H3,(H,25,26). The molecule has 0 aromatic heterocycles. The molecule has 2 N–H and O–H groups in total. The quantitative estimate of drug-likeness (QED) is 0.753. The van der Waals surface area contributed by atoms with E-state index in [1.165, 1.54) is 16.7 Å².